The summed E-state index contributed by atoms with van der Waals surface area (Å²) in [5.74, 6) is -0.235. The third kappa shape index (κ3) is 4.02. The van der Waals surface area contributed by atoms with Crippen molar-refractivity contribution in [1.29, 1.82) is 0 Å². The van der Waals surface area contributed by atoms with Crippen LogP contribution in [-0.2, 0) is 17.7 Å². The Bertz CT molecular complexity index is 935. The molecule has 2 aliphatic heterocycles. The summed E-state index contributed by atoms with van der Waals surface area (Å²) in [6.07, 6.45) is 2.81. The van der Waals surface area contributed by atoms with Crippen LogP contribution in [0.2, 0.25) is 0 Å². The van der Waals surface area contributed by atoms with Crippen LogP contribution in [-0.4, -0.2) is 64.2 Å². The molecule has 1 aromatic carbocycles. The lowest BCUT2D eigenvalue weighted by Gasteiger charge is -2.30. The van der Waals surface area contributed by atoms with Crippen molar-refractivity contribution in [2.75, 3.05) is 26.2 Å². The van der Waals surface area contributed by atoms with Crippen LogP contribution in [0.4, 0.5) is 4.79 Å². The summed E-state index contributed by atoms with van der Waals surface area (Å²) in [5.41, 5.74) is 4.15. The summed E-state index contributed by atoms with van der Waals surface area (Å²) in [7, 11) is 0. The second-order valence-electron chi connectivity index (χ2n) is 7.70. The zero-order chi connectivity index (χ0) is 21.1. The van der Waals surface area contributed by atoms with E-state index in [1.807, 2.05) is 36.9 Å². The summed E-state index contributed by atoms with van der Waals surface area (Å²) in [4.78, 5) is 26.6. The molecule has 9 heteroatoms. The smallest absolute Gasteiger partial charge is 0.317 e. The Kier molecular flexibility index (Phi) is 5.98. The van der Waals surface area contributed by atoms with Crippen LogP contribution in [0, 0.1) is 6.92 Å². The SMILES string of the molecule is CCNC(=O)N1CCc2c(cccc2-n2nnc(C(=O)NCC3CCCO3)c2C)C1. The summed E-state index contributed by atoms with van der Waals surface area (Å²) in [6.45, 7) is 6.81. The molecule has 0 radical (unpaired) electrons. The van der Waals surface area contributed by atoms with Crippen LogP contribution in [0.25, 0.3) is 5.69 Å². The molecule has 1 fully saturated rings. The minimum absolute atomic E-state index is 0.0457. The average Bonchev–Trinajstić information content (AvgIpc) is 3.41. The molecule has 30 heavy (non-hydrogen) atoms. The third-order valence-corrected chi connectivity index (χ3v) is 5.71. The molecule has 0 saturated carbocycles. The number of carbonyl (C=O) groups excluding carboxylic acids is 2. The molecular weight excluding hydrogens is 384 g/mol. The van der Waals surface area contributed by atoms with Crippen LogP contribution < -0.4 is 10.6 Å². The number of nitrogens with zero attached hydrogens (tertiary/aromatic N) is 4. The number of ether oxygens (including phenoxy) is 1. The van der Waals surface area contributed by atoms with E-state index in [0.29, 0.717) is 37.6 Å². The highest BCUT2D eigenvalue weighted by Gasteiger charge is 2.25. The van der Waals surface area contributed by atoms with Crippen molar-refractivity contribution in [2.45, 2.75) is 45.8 Å². The third-order valence-electron chi connectivity index (χ3n) is 5.71. The van der Waals surface area contributed by atoms with E-state index in [-0.39, 0.29) is 18.0 Å². The maximum absolute atomic E-state index is 12.6. The zero-order valence-corrected chi connectivity index (χ0v) is 17.5. The summed E-state index contributed by atoms with van der Waals surface area (Å²) < 4.78 is 7.28. The number of hydrogen-bond acceptors (Lipinski definition) is 5. The van der Waals surface area contributed by atoms with Crippen LogP contribution in [0.1, 0.15) is 47.1 Å². The van der Waals surface area contributed by atoms with Gasteiger partial charge in [0, 0.05) is 32.8 Å². The van der Waals surface area contributed by atoms with E-state index in [0.717, 1.165) is 42.7 Å². The van der Waals surface area contributed by atoms with Gasteiger partial charge in [0.1, 0.15) is 0 Å². The molecule has 2 aliphatic rings. The molecule has 9 nitrogen and oxygen atoms in total. The molecule has 1 atom stereocenters. The quantitative estimate of drug-likeness (QED) is 0.776. The molecule has 3 amide bonds. The van der Waals surface area contributed by atoms with Crippen LogP contribution in [0.3, 0.4) is 0 Å². The van der Waals surface area contributed by atoms with Crippen molar-refractivity contribution in [2.24, 2.45) is 0 Å². The molecule has 4 rings (SSSR count). The van der Waals surface area contributed by atoms with E-state index in [1.165, 1.54) is 0 Å². The fourth-order valence-corrected chi connectivity index (χ4v) is 4.09. The highest BCUT2D eigenvalue weighted by molar-refractivity contribution is 5.93. The van der Waals surface area contributed by atoms with Crippen molar-refractivity contribution in [1.82, 2.24) is 30.5 Å². The molecule has 2 aromatic rings. The number of nitrogens with one attached hydrogen (secondary N) is 2. The van der Waals surface area contributed by atoms with E-state index in [1.54, 1.807) is 4.68 Å². The molecule has 2 N–H and O–H groups in total. The molecule has 0 bridgehead atoms. The molecule has 1 unspecified atom stereocenters. The molecular formula is C21H28N6O3. The van der Waals surface area contributed by atoms with Crippen molar-refractivity contribution >= 4 is 11.9 Å². The van der Waals surface area contributed by atoms with Gasteiger partial charge in [-0.2, -0.15) is 0 Å². The van der Waals surface area contributed by atoms with Gasteiger partial charge in [0.2, 0.25) is 0 Å². The molecule has 1 saturated heterocycles. The first-order chi connectivity index (χ1) is 14.6. The minimum atomic E-state index is -0.235. The lowest BCUT2D eigenvalue weighted by Crippen LogP contribution is -2.42. The van der Waals surface area contributed by atoms with E-state index >= 15 is 0 Å². The second-order valence-corrected chi connectivity index (χ2v) is 7.70. The van der Waals surface area contributed by atoms with E-state index in [9.17, 15) is 9.59 Å². The van der Waals surface area contributed by atoms with E-state index < -0.39 is 0 Å². The highest BCUT2D eigenvalue weighted by Crippen LogP contribution is 2.26. The van der Waals surface area contributed by atoms with Crippen molar-refractivity contribution in [3.8, 4) is 5.69 Å². The first-order valence-corrected chi connectivity index (χ1v) is 10.5. The lowest BCUT2D eigenvalue weighted by molar-refractivity contribution is 0.0853. The number of carbonyl (C=O) groups is 2. The Balaban J connectivity index is 1.52. The number of urea groups is 1. The van der Waals surface area contributed by atoms with Gasteiger partial charge in [-0.1, -0.05) is 17.3 Å². The van der Waals surface area contributed by atoms with Gasteiger partial charge in [0.05, 0.1) is 17.5 Å². The van der Waals surface area contributed by atoms with E-state index in [4.69, 9.17) is 4.74 Å². The predicted octanol–water partition coefficient (Wildman–Crippen LogP) is 1.57. The Hall–Kier alpha value is -2.94. The molecule has 0 aliphatic carbocycles. The number of benzene rings is 1. The standard InChI is InChI=1S/C21H28N6O3/c1-3-22-21(29)26-10-9-17-15(13-26)6-4-8-18(17)27-14(2)19(24-25-27)20(28)23-12-16-7-5-11-30-16/h4,6,8,16H,3,5,7,9-13H2,1-2H3,(H,22,29)(H,23,28). The second kappa shape index (κ2) is 8.83. The number of fused-ring (bicyclic) bond motifs is 1. The normalized spacial score (nSPS) is 18.2. The van der Waals surface area contributed by atoms with Gasteiger partial charge in [-0.3, -0.25) is 4.79 Å². The number of amides is 3. The first-order valence-electron chi connectivity index (χ1n) is 10.5. The van der Waals surface area contributed by atoms with Crippen LogP contribution in [0.15, 0.2) is 18.2 Å². The van der Waals surface area contributed by atoms with Gasteiger partial charge in [0.15, 0.2) is 5.69 Å². The van der Waals surface area contributed by atoms with Gasteiger partial charge in [-0.05, 0) is 50.3 Å². The summed E-state index contributed by atoms with van der Waals surface area (Å²) in [5, 5.41) is 14.2. The maximum Gasteiger partial charge on any atom is 0.317 e. The molecule has 0 spiro atoms. The van der Waals surface area contributed by atoms with E-state index in [2.05, 4.69) is 20.9 Å². The Labute approximate surface area is 175 Å². The van der Waals surface area contributed by atoms with Crippen molar-refractivity contribution in [3.05, 3.63) is 40.7 Å². The summed E-state index contributed by atoms with van der Waals surface area (Å²) >= 11 is 0. The first kappa shape index (κ1) is 20.3. The molecule has 1 aromatic heterocycles. The van der Waals surface area contributed by atoms with Crippen LogP contribution in [0.5, 0.6) is 0 Å². The highest BCUT2D eigenvalue weighted by atomic mass is 16.5. The average molecular weight is 412 g/mol. The van der Waals surface area contributed by atoms with Gasteiger partial charge in [0.25, 0.3) is 5.91 Å². The van der Waals surface area contributed by atoms with Gasteiger partial charge >= 0.3 is 6.03 Å². The summed E-state index contributed by atoms with van der Waals surface area (Å²) in [6, 6.07) is 5.92. The van der Waals surface area contributed by atoms with Crippen molar-refractivity contribution < 1.29 is 14.3 Å². The Morgan fingerprint density at radius 1 is 1.30 bits per heavy atom. The number of aromatic nitrogens is 3. The largest absolute Gasteiger partial charge is 0.376 e. The van der Waals surface area contributed by atoms with Gasteiger partial charge in [-0.25, -0.2) is 9.48 Å². The topological polar surface area (TPSA) is 101 Å². The Morgan fingerprint density at radius 2 is 2.17 bits per heavy atom. The molecule has 3 heterocycles. The number of rotatable bonds is 5. The fourth-order valence-electron chi connectivity index (χ4n) is 4.09. The lowest BCUT2D eigenvalue weighted by atomic mass is 9.98. The monoisotopic (exact) mass is 412 g/mol. The van der Waals surface area contributed by atoms with Crippen molar-refractivity contribution in [3.63, 3.8) is 0 Å². The van der Waals surface area contributed by atoms with Crippen LogP contribution >= 0.6 is 0 Å². The molecule has 160 valence electrons. The Morgan fingerprint density at radius 3 is 2.93 bits per heavy atom. The maximum atomic E-state index is 12.6. The van der Waals surface area contributed by atoms with Gasteiger partial charge in [-0.15, -0.1) is 5.10 Å². The fraction of sp³-hybridized carbons (Fsp3) is 0.524. The van der Waals surface area contributed by atoms with Gasteiger partial charge < -0.3 is 20.3 Å². The number of hydrogen-bond donors (Lipinski definition) is 2. The zero-order valence-electron chi connectivity index (χ0n) is 17.5. The minimum Gasteiger partial charge on any atom is -0.376 e. The predicted molar refractivity (Wildman–Crippen MR) is 111 cm³/mol.